The number of ether oxygens (including phenoxy) is 1. The van der Waals surface area contributed by atoms with Crippen LogP contribution in [0.15, 0.2) is 72.4 Å². The van der Waals surface area contributed by atoms with E-state index in [-0.39, 0.29) is 5.82 Å². The summed E-state index contributed by atoms with van der Waals surface area (Å²) >= 11 is 0. The Morgan fingerprint density at radius 3 is 2.59 bits per heavy atom. The maximum absolute atomic E-state index is 14.1. The van der Waals surface area contributed by atoms with Crippen LogP contribution in [0.4, 0.5) is 4.39 Å². The molecule has 0 bridgehead atoms. The minimum absolute atomic E-state index is 0.325. The van der Waals surface area contributed by atoms with Gasteiger partial charge in [0.15, 0.2) is 0 Å². The second-order valence-electron chi connectivity index (χ2n) is 6.55. The van der Waals surface area contributed by atoms with Gasteiger partial charge in [0.05, 0.1) is 11.3 Å². The van der Waals surface area contributed by atoms with E-state index in [9.17, 15) is 9.18 Å². The van der Waals surface area contributed by atoms with Crippen LogP contribution in [0, 0.1) is 19.7 Å². The summed E-state index contributed by atoms with van der Waals surface area (Å²) in [6, 6.07) is 16.1. The third-order valence-electron chi connectivity index (χ3n) is 4.71. The van der Waals surface area contributed by atoms with Crippen molar-refractivity contribution in [3.8, 4) is 5.69 Å². The molecule has 3 aromatic rings. The quantitative estimate of drug-likeness (QED) is 0.474. The van der Waals surface area contributed by atoms with Crippen LogP contribution >= 0.6 is 0 Å². The Labute approximate surface area is 157 Å². The zero-order valence-corrected chi connectivity index (χ0v) is 15.1. The van der Waals surface area contributed by atoms with E-state index in [0.29, 0.717) is 22.7 Å². The van der Waals surface area contributed by atoms with Gasteiger partial charge in [0.25, 0.3) is 0 Å². The zero-order valence-electron chi connectivity index (χ0n) is 15.1. The van der Waals surface area contributed by atoms with Gasteiger partial charge in [-0.05, 0) is 67.5 Å². The molecule has 0 N–H and O–H groups in total. The molecule has 0 fully saturated rings. The third-order valence-corrected chi connectivity index (χ3v) is 4.71. The van der Waals surface area contributed by atoms with Gasteiger partial charge in [0.2, 0.25) is 0 Å². The van der Waals surface area contributed by atoms with E-state index in [0.717, 1.165) is 11.1 Å². The minimum atomic E-state index is -0.412. The Kier molecular flexibility index (Phi) is 4.24. The van der Waals surface area contributed by atoms with Crippen molar-refractivity contribution >= 4 is 17.8 Å². The summed E-state index contributed by atoms with van der Waals surface area (Å²) in [6.07, 6.45) is 5.20. The highest BCUT2D eigenvalue weighted by Gasteiger charge is 2.22. The number of cyclic esters (lactones) is 1. The van der Waals surface area contributed by atoms with Gasteiger partial charge in [-0.2, -0.15) is 0 Å². The molecule has 4 heteroatoms. The number of carbonyl (C=O) groups is 1. The first-order valence-corrected chi connectivity index (χ1v) is 8.68. The summed E-state index contributed by atoms with van der Waals surface area (Å²) in [5.74, 6) is -0.212. The first-order valence-electron chi connectivity index (χ1n) is 8.68. The number of carbonyl (C=O) groups excluding carboxylic acids is 1. The number of benzene rings is 2. The fourth-order valence-corrected chi connectivity index (χ4v) is 3.06. The van der Waals surface area contributed by atoms with Crippen LogP contribution in [-0.2, 0) is 9.53 Å². The second kappa shape index (κ2) is 6.72. The Hall–Kier alpha value is -3.40. The number of nitrogens with zero attached hydrogens (tertiary/aromatic N) is 1. The van der Waals surface area contributed by atoms with E-state index < -0.39 is 5.97 Å². The molecule has 0 spiro atoms. The highest BCUT2D eigenvalue weighted by atomic mass is 19.1. The molecule has 0 radical (unpaired) electrons. The molecule has 2 heterocycles. The van der Waals surface area contributed by atoms with Gasteiger partial charge >= 0.3 is 5.97 Å². The number of rotatable bonds is 3. The highest BCUT2D eigenvalue weighted by Crippen LogP contribution is 2.29. The molecule has 134 valence electrons. The summed E-state index contributed by atoms with van der Waals surface area (Å²) in [7, 11) is 0. The number of hydrogen-bond donors (Lipinski definition) is 0. The van der Waals surface area contributed by atoms with Crippen molar-refractivity contribution in [3.05, 3.63) is 101 Å². The standard InChI is InChI=1S/C23H18FNO2/c1-15-9-10-17(12-16(15)2)22-14-18(23(26)27-22)13-19-6-5-11-25(19)21-8-4-3-7-20(21)24/h3-14H,1-2H3/b18-13+. The van der Waals surface area contributed by atoms with Crippen molar-refractivity contribution < 1.29 is 13.9 Å². The molecule has 2 aromatic carbocycles. The van der Waals surface area contributed by atoms with Crippen LogP contribution in [-0.4, -0.2) is 10.5 Å². The van der Waals surface area contributed by atoms with E-state index in [1.54, 1.807) is 41.1 Å². The monoisotopic (exact) mass is 359 g/mol. The average molecular weight is 359 g/mol. The molecule has 3 nitrogen and oxygen atoms in total. The molecule has 1 aromatic heterocycles. The summed E-state index contributed by atoms with van der Waals surface area (Å²) in [4.78, 5) is 12.3. The molecule has 1 aliphatic rings. The molecule has 0 saturated carbocycles. The first-order chi connectivity index (χ1) is 13.0. The van der Waals surface area contributed by atoms with Crippen molar-refractivity contribution in [1.82, 2.24) is 4.57 Å². The number of halogens is 1. The fourth-order valence-electron chi connectivity index (χ4n) is 3.06. The minimum Gasteiger partial charge on any atom is -0.422 e. The number of esters is 1. The van der Waals surface area contributed by atoms with Gasteiger partial charge in [0, 0.05) is 17.5 Å². The van der Waals surface area contributed by atoms with Crippen molar-refractivity contribution in [2.24, 2.45) is 0 Å². The molecular weight excluding hydrogens is 341 g/mol. The van der Waals surface area contributed by atoms with Crippen molar-refractivity contribution in [2.45, 2.75) is 13.8 Å². The molecule has 4 rings (SSSR count). The van der Waals surface area contributed by atoms with Gasteiger partial charge in [-0.15, -0.1) is 0 Å². The van der Waals surface area contributed by atoms with Crippen LogP contribution in [0.1, 0.15) is 22.4 Å². The van der Waals surface area contributed by atoms with E-state index in [4.69, 9.17) is 4.74 Å². The van der Waals surface area contributed by atoms with Gasteiger partial charge in [-0.3, -0.25) is 0 Å². The maximum atomic E-state index is 14.1. The van der Waals surface area contributed by atoms with Gasteiger partial charge in [-0.25, -0.2) is 9.18 Å². The van der Waals surface area contributed by atoms with Crippen LogP contribution < -0.4 is 0 Å². The topological polar surface area (TPSA) is 31.2 Å². The van der Waals surface area contributed by atoms with Crippen LogP contribution in [0.25, 0.3) is 17.5 Å². The highest BCUT2D eigenvalue weighted by molar-refractivity contribution is 6.05. The molecule has 1 aliphatic heterocycles. The Morgan fingerprint density at radius 1 is 1.00 bits per heavy atom. The summed E-state index contributed by atoms with van der Waals surface area (Å²) in [5.41, 5.74) is 4.74. The molecule has 27 heavy (non-hydrogen) atoms. The predicted molar refractivity (Wildman–Crippen MR) is 104 cm³/mol. The lowest BCUT2D eigenvalue weighted by Gasteiger charge is -2.07. The largest absolute Gasteiger partial charge is 0.422 e. The van der Waals surface area contributed by atoms with E-state index in [2.05, 4.69) is 0 Å². The summed E-state index contributed by atoms with van der Waals surface area (Å²) < 4.78 is 21.3. The first kappa shape index (κ1) is 17.0. The fraction of sp³-hybridized carbons (Fsp3) is 0.0870. The third kappa shape index (κ3) is 3.22. The SMILES string of the molecule is Cc1ccc(C2=C/C(=C\c3cccn3-c3ccccc3F)C(=O)O2)cc1C. The number of aromatic nitrogens is 1. The number of hydrogen-bond acceptors (Lipinski definition) is 2. The molecular formula is C23H18FNO2. The van der Waals surface area contributed by atoms with Crippen molar-refractivity contribution in [3.63, 3.8) is 0 Å². The smallest absolute Gasteiger partial charge is 0.343 e. The second-order valence-corrected chi connectivity index (χ2v) is 6.55. The van der Waals surface area contributed by atoms with Crippen molar-refractivity contribution in [1.29, 1.82) is 0 Å². The Morgan fingerprint density at radius 2 is 1.81 bits per heavy atom. The lowest BCUT2D eigenvalue weighted by atomic mass is 10.0. The number of para-hydroxylation sites is 1. The summed E-state index contributed by atoms with van der Waals surface area (Å²) in [5, 5.41) is 0. The van der Waals surface area contributed by atoms with Gasteiger partial charge in [-0.1, -0.05) is 24.3 Å². The van der Waals surface area contributed by atoms with E-state index in [1.807, 2.05) is 44.2 Å². The van der Waals surface area contributed by atoms with Gasteiger partial charge < -0.3 is 9.30 Å². The van der Waals surface area contributed by atoms with E-state index in [1.165, 1.54) is 11.6 Å². The molecule has 0 aliphatic carbocycles. The lowest BCUT2D eigenvalue weighted by Crippen LogP contribution is -2.01. The van der Waals surface area contributed by atoms with Gasteiger partial charge in [0.1, 0.15) is 11.6 Å². The Bertz CT molecular complexity index is 1110. The molecule has 0 unspecified atom stereocenters. The lowest BCUT2D eigenvalue weighted by molar-refractivity contribution is -0.130. The normalized spacial score (nSPS) is 15.1. The Balaban J connectivity index is 1.72. The van der Waals surface area contributed by atoms with Crippen LogP contribution in [0.2, 0.25) is 0 Å². The zero-order chi connectivity index (χ0) is 19.0. The maximum Gasteiger partial charge on any atom is 0.343 e. The predicted octanol–water partition coefficient (Wildman–Crippen LogP) is 5.21. The summed E-state index contributed by atoms with van der Waals surface area (Å²) in [6.45, 7) is 4.06. The molecule has 0 atom stereocenters. The van der Waals surface area contributed by atoms with Crippen LogP contribution in [0.3, 0.4) is 0 Å². The number of aryl methyl sites for hydroxylation is 2. The molecule has 0 amide bonds. The van der Waals surface area contributed by atoms with E-state index >= 15 is 0 Å². The van der Waals surface area contributed by atoms with Crippen molar-refractivity contribution in [2.75, 3.05) is 0 Å². The average Bonchev–Trinajstić information content (AvgIpc) is 3.25. The van der Waals surface area contributed by atoms with Crippen LogP contribution in [0.5, 0.6) is 0 Å². The molecule has 0 saturated heterocycles.